The van der Waals surface area contributed by atoms with Gasteiger partial charge in [-0.2, -0.15) is 0 Å². The predicted molar refractivity (Wildman–Crippen MR) is 136 cm³/mol. The van der Waals surface area contributed by atoms with Crippen molar-refractivity contribution in [1.82, 2.24) is 0 Å². The lowest BCUT2D eigenvalue weighted by atomic mass is 10.1. The summed E-state index contributed by atoms with van der Waals surface area (Å²) >= 11 is 0. The second-order valence-electron chi connectivity index (χ2n) is 8.53. The molecule has 2 saturated heterocycles. The number of nitrogens with zero attached hydrogens (tertiary/aromatic N) is 2. The second kappa shape index (κ2) is 12.9. The Labute approximate surface area is 210 Å². The summed E-state index contributed by atoms with van der Waals surface area (Å²) in [5.74, 6) is -0.692. The summed E-state index contributed by atoms with van der Waals surface area (Å²) in [5, 5.41) is 0. The fourth-order valence-electron chi connectivity index (χ4n) is 3.15. The van der Waals surface area contributed by atoms with Crippen molar-refractivity contribution in [2.24, 2.45) is 9.98 Å². The molecule has 0 aliphatic carbocycles. The van der Waals surface area contributed by atoms with Gasteiger partial charge in [0.2, 0.25) is 0 Å². The van der Waals surface area contributed by atoms with E-state index in [1.54, 1.807) is 36.7 Å². The Morgan fingerprint density at radius 3 is 1.86 bits per heavy atom. The number of carbonyl (C=O) groups excluding carboxylic acids is 2. The summed E-state index contributed by atoms with van der Waals surface area (Å²) in [7, 11) is 0. The molecule has 8 nitrogen and oxygen atoms in total. The third-order valence-corrected chi connectivity index (χ3v) is 5.54. The molecule has 4 rings (SSSR count). The van der Waals surface area contributed by atoms with Gasteiger partial charge in [-0.3, -0.25) is 9.98 Å². The maximum Gasteiger partial charge on any atom is 0.338 e. The standard InChI is InChI=1S/C28H30N2O6/c1-2-24(30-15-21-7-11-23(12-8-21)28(32)36-19-26-17-34-26)4-3-13-29-14-20-5-9-22(10-6-20)27(31)35-18-25-16-33-25/h3-12,14-15,24-26H,2,13,16-19H2,1H3/b4-3-,29-14?,30-15?. The summed E-state index contributed by atoms with van der Waals surface area (Å²) in [6.45, 7) is 4.52. The van der Waals surface area contributed by atoms with E-state index in [2.05, 4.69) is 16.9 Å². The summed E-state index contributed by atoms with van der Waals surface area (Å²) in [6, 6.07) is 14.3. The van der Waals surface area contributed by atoms with Crippen molar-refractivity contribution < 1.29 is 28.5 Å². The third kappa shape index (κ3) is 8.55. The van der Waals surface area contributed by atoms with Crippen molar-refractivity contribution in [1.29, 1.82) is 0 Å². The topological polar surface area (TPSA) is 102 Å². The van der Waals surface area contributed by atoms with Crippen LogP contribution >= 0.6 is 0 Å². The Balaban J connectivity index is 1.19. The number of esters is 2. The van der Waals surface area contributed by atoms with Crippen LogP contribution in [0.1, 0.15) is 45.2 Å². The lowest BCUT2D eigenvalue weighted by molar-refractivity contribution is 0.0468. The van der Waals surface area contributed by atoms with Crippen LogP contribution in [0.15, 0.2) is 70.7 Å². The Morgan fingerprint density at radius 2 is 1.39 bits per heavy atom. The van der Waals surface area contributed by atoms with E-state index in [4.69, 9.17) is 18.9 Å². The summed E-state index contributed by atoms with van der Waals surface area (Å²) in [6.07, 6.45) is 8.56. The molecular weight excluding hydrogens is 460 g/mol. The smallest absolute Gasteiger partial charge is 0.338 e. The molecule has 8 heteroatoms. The summed E-state index contributed by atoms with van der Waals surface area (Å²) in [4.78, 5) is 33.0. The zero-order chi connectivity index (χ0) is 25.2. The fourth-order valence-corrected chi connectivity index (χ4v) is 3.15. The molecule has 0 amide bonds. The number of carbonyl (C=O) groups is 2. The first-order valence-electron chi connectivity index (χ1n) is 12.1. The van der Waals surface area contributed by atoms with E-state index >= 15 is 0 Å². The first-order chi connectivity index (χ1) is 17.6. The minimum Gasteiger partial charge on any atom is -0.459 e. The van der Waals surface area contributed by atoms with Gasteiger partial charge >= 0.3 is 11.9 Å². The molecule has 3 atom stereocenters. The number of ether oxygens (including phenoxy) is 4. The highest BCUT2D eigenvalue weighted by Gasteiger charge is 2.25. The van der Waals surface area contributed by atoms with E-state index in [0.29, 0.717) is 44.1 Å². The molecule has 0 saturated carbocycles. The molecule has 0 aromatic heterocycles. The average Bonchev–Trinajstić information content (AvgIpc) is 3.83. The average molecular weight is 491 g/mol. The maximum atomic E-state index is 12.0. The van der Waals surface area contributed by atoms with Crippen LogP contribution in [0.5, 0.6) is 0 Å². The Bertz CT molecular complexity index is 1100. The van der Waals surface area contributed by atoms with E-state index in [0.717, 1.165) is 17.5 Å². The van der Waals surface area contributed by atoms with Gasteiger partial charge < -0.3 is 18.9 Å². The van der Waals surface area contributed by atoms with Gasteiger partial charge in [0.25, 0.3) is 0 Å². The van der Waals surface area contributed by atoms with Gasteiger partial charge in [-0.1, -0.05) is 43.3 Å². The molecular formula is C28H30N2O6. The number of aliphatic imine (C=N–C) groups is 2. The van der Waals surface area contributed by atoms with Crippen molar-refractivity contribution >= 4 is 24.4 Å². The molecule has 188 valence electrons. The molecule has 2 fully saturated rings. The molecule has 36 heavy (non-hydrogen) atoms. The lowest BCUT2D eigenvalue weighted by Crippen LogP contribution is -2.10. The minimum atomic E-state index is -0.346. The van der Waals surface area contributed by atoms with Gasteiger partial charge in [0.05, 0.1) is 36.9 Å². The van der Waals surface area contributed by atoms with Crippen LogP contribution in [0.2, 0.25) is 0 Å². The maximum absolute atomic E-state index is 12.0. The molecule has 0 spiro atoms. The molecule has 2 aromatic carbocycles. The number of benzene rings is 2. The van der Waals surface area contributed by atoms with Crippen LogP contribution in [0.25, 0.3) is 0 Å². The van der Waals surface area contributed by atoms with Gasteiger partial charge in [-0.05, 0) is 41.8 Å². The van der Waals surface area contributed by atoms with Gasteiger partial charge in [-0.15, -0.1) is 0 Å². The van der Waals surface area contributed by atoms with Crippen molar-refractivity contribution in [3.05, 3.63) is 82.9 Å². The van der Waals surface area contributed by atoms with Crippen LogP contribution < -0.4 is 0 Å². The van der Waals surface area contributed by atoms with Crippen LogP contribution in [0.4, 0.5) is 0 Å². The largest absolute Gasteiger partial charge is 0.459 e. The molecule has 0 N–H and O–H groups in total. The third-order valence-electron chi connectivity index (χ3n) is 5.54. The normalized spacial score (nSPS) is 19.6. The van der Waals surface area contributed by atoms with Crippen molar-refractivity contribution in [3.8, 4) is 0 Å². The van der Waals surface area contributed by atoms with Gasteiger partial charge in [0.1, 0.15) is 25.4 Å². The van der Waals surface area contributed by atoms with Crippen LogP contribution in [0, 0.1) is 0 Å². The van der Waals surface area contributed by atoms with E-state index in [9.17, 15) is 9.59 Å². The van der Waals surface area contributed by atoms with Crippen molar-refractivity contribution in [2.45, 2.75) is 31.6 Å². The quantitative estimate of drug-likeness (QED) is 0.184. The van der Waals surface area contributed by atoms with Gasteiger partial charge in [0.15, 0.2) is 0 Å². The number of rotatable bonds is 13. The highest BCUT2D eigenvalue weighted by Crippen LogP contribution is 2.12. The molecule has 0 bridgehead atoms. The van der Waals surface area contributed by atoms with Crippen molar-refractivity contribution in [2.75, 3.05) is 33.0 Å². The van der Waals surface area contributed by atoms with E-state index in [1.807, 2.05) is 36.4 Å². The molecule has 2 aromatic rings. The highest BCUT2D eigenvalue weighted by molar-refractivity contribution is 5.91. The van der Waals surface area contributed by atoms with E-state index in [-0.39, 0.29) is 30.2 Å². The zero-order valence-corrected chi connectivity index (χ0v) is 20.2. The predicted octanol–water partition coefficient (Wildman–Crippen LogP) is 3.67. The van der Waals surface area contributed by atoms with Gasteiger partial charge in [0, 0.05) is 12.4 Å². The monoisotopic (exact) mass is 490 g/mol. The summed E-state index contributed by atoms with van der Waals surface area (Å²) in [5.41, 5.74) is 2.84. The van der Waals surface area contributed by atoms with E-state index < -0.39 is 0 Å². The van der Waals surface area contributed by atoms with E-state index in [1.165, 1.54) is 0 Å². The Kier molecular flexibility index (Phi) is 9.13. The number of epoxide rings is 2. The summed E-state index contributed by atoms with van der Waals surface area (Å²) < 4.78 is 20.4. The number of hydrogen-bond donors (Lipinski definition) is 0. The highest BCUT2D eigenvalue weighted by atomic mass is 16.6. The Morgan fingerprint density at radius 1 is 0.889 bits per heavy atom. The second-order valence-corrected chi connectivity index (χ2v) is 8.53. The molecule has 2 aliphatic rings. The first-order valence-corrected chi connectivity index (χ1v) is 12.1. The Hall–Kier alpha value is -3.62. The lowest BCUT2D eigenvalue weighted by Gasteiger charge is -2.04. The first kappa shape index (κ1) is 25.5. The van der Waals surface area contributed by atoms with Crippen LogP contribution in [-0.4, -0.2) is 75.6 Å². The molecule has 0 radical (unpaired) electrons. The molecule has 3 unspecified atom stereocenters. The molecule has 2 heterocycles. The van der Waals surface area contributed by atoms with Crippen LogP contribution in [0.3, 0.4) is 0 Å². The minimum absolute atomic E-state index is 0.0368. The fraction of sp³-hybridized carbons (Fsp3) is 0.357. The van der Waals surface area contributed by atoms with Crippen molar-refractivity contribution in [3.63, 3.8) is 0 Å². The zero-order valence-electron chi connectivity index (χ0n) is 20.2. The van der Waals surface area contributed by atoms with Crippen LogP contribution in [-0.2, 0) is 18.9 Å². The SMILES string of the molecule is CCC(/C=C\CN=Cc1ccc(C(=O)OCC2CO2)cc1)N=Cc1ccc(C(=O)OCC2CO2)cc1. The van der Waals surface area contributed by atoms with Gasteiger partial charge in [-0.25, -0.2) is 9.59 Å². The number of hydrogen-bond acceptors (Lipinski definition) is 8. The molecule has 2 aliphatic heterocycles.